The average Bonchev–Trinajstić information content (AvgIpc) is 1.85. The van der Waals surface area contributed by atoms with E-state index < -0.39 is 6.10 Å². The van der Waals surface area contributed by atoms with Crippen LogP contribution in [0.5, 0.6) is 0 Å². The van der Waals surface area contributed by atoms with Crippen LogP contribution in [-0.4, -0.2) is 22.9 Å². The van der Waals surface area contributed by atoms with Gasteiger partial charge in [-0.15, -0.1) is 5.92 Å². The molecule has 2 nitrogen and oxygen atoms in total. The van der Waals surface area contributed by atoms with Gasteiger partial charge in [0.05, 0.1) is 0 Å². The second-order valence-electron chi connectivity index (χ2n) is 1.78. The van der Waals surface area contributed by atoms with Gasteiger partial charge in [0.1, 0.15) is 6.10 Å². The van der Waals surface area contributed by atoms with E-state index >= 15 is 0 Å². The van der Waals surface area contributed by atoms with Gasteiger partial charge in [-0.3, -0.25) is 0 Å². The maximum atomic E-state index is 8.90. The van der Waals surface area contributed by atoms with E-state index in [9.17, 15) is 0 Å². The number of rotatable bonds is 3. The molecule has 2 N–H and O–H groups in total. The minimum Gasteiger partial charge on any atom is -0.396 e. The molecule has 0 radical (unpaired) electrons. The predicted octanol–water partition coefficient (Wildman–Crippen LogP) is 0.143. The lowest BCUT2D eigenvalue weighted by molar-refractivity contribution is 0.197. The zero-order valence-corrected chi connectivity index (χ0v) is 5.59. The molecule has 0 saturated carbocycles. The zero-order chi connectivity index (χ0) is 7.11. The summed E-state index contributed by atoms with van der Waals surface area (Å²) >= 11 is 0. The Hall–Kier alpha value is -0.520. The molecule has 2 heteroatoms. The van der Waals surface area contributed by atoms with Gasteiger partial charge in [-0.05, 0) is 19.8 Å². The van der Waals surface area contributed by atoms with Gasteiger partial charge < -0.3 is 10.2 Å². The van der Waals surface area contributed by atoms with E-state index in [1.807, 2.05) is 0 Å². The van der Waals surface area contributed by atoms with Gasteiger partial charge in [-0.1, -0.05) is 5.92 Å². The van der Waals surface area contributed by atoms with Gasteiger partial charge in [0.15, 0.2) is 0 Å². The molecule has 0 amide bonds. The predicted molar refractivity (Wildman–Crippen MR) is 35.8 cm³/mol. The minimum atomic E-state index is -0.554. The number of hydrogen-bond donors (Lipinski definition) is 2. The highest BCUT2D eigenvalue weighted by Gasteiger charge is 1.95. The fraction of sp³-hybridized carbons (Fsp3) is 0.714. The Bertz CT molecular complexity index is 110. The molecule has 52 valence electrons. The van der Waals surface area contributed by atoms with Gasteiger partial charge in [0.2, 0.25) is 0 Å². The molecule has 0 aliphatic heterocycles. The Morgan fingerprint density at radius 3 is 2.67 bits per heavy atom. The van der Waals surface area contributed by atoms with E-state index in [2.05, 4.69) is 11.8 Å². The van der Waals surface area contributed by atoms with Crippen LogP contribution in [0.1, 0.15) is 19.8 Å². The number of hydrogen-bond acceptors (Lipinski definition) is 2. The summed E-state index contributed by atoms with van der Waals surface area (Å²) in [5.41, 5.74) is 0. The van der Waals surface area contributed by atoms with Crippen molar-refractivity contribution >= 4 is 0 Å². The van der Waals surface area contributed by atoms with Gasteiger partial charge >= 0.3 is 0 Å². The van der Waals surface area contributed by atoms with Crippen molar-refractivity contribution in [3.8, 4) is 11.8 Å². The van der Waals surface area contributed by atoms with Crippen molar-refractivity contribution in [2.45, 2.75) is 25.9 Å². The number of aliphatic hydroxyl groups excluding tert-OH is 2. The van der Waals surface area contributed by atoms with Crippen LogP contribution in [0.25, 0.3) is 0 Å². The first-order valence-electron chi connectivity index (χ1n) is 3.02. The van der Waals surface area contributed by atoms with E-state index in [-0.39, 0.29) is 6.61 Å². The topological polar surface area (TPSA) is 40.5 Å². The van der Waals surface area contributed by atoms with Crippen molar-refractivity contribution < 1.29 is 10.2 Å². The number of aliphatic hydroxyl groups is 2. The molecule has 0 saturated heterocycles. The SMILES string of the molecule is CC#CC(O)CCCO. The van der Waals surface area contributed by atoms with Crippen molar-refractivity contribution in [1.29, 1.82) is 0 Å². The highest BCUT2D eigenvalue weighted by Crippen LogP contribution is 1.93. The maximum Gasteiger partial charge on any atom is 0.114 e. The third-order valence-corrected chi connectivity index (χ3v) is 0.947. The highest BCUT2D eigenvalue weighted by atomic mass is 16.3. The van der Waals surface area contributed by atoms with Crippen LogP contribution in [0, 0.1) is 11.8 Å². The molecule has 1 unspecified atom stereocenters. The Morgan fingerprint density at radius 2 is 2.22 bits per heavy atom. The molecule has 0 rings (SSSR count). The van der Waals surface area contributed by atoms with Crippen LogP contribution >= 0.6 is 0 Å². The summed E-state index contributed by atoms with van der Waals surface area (Å²) in [7, 11) is 0. The van der Waals surface area contributed by atoms with Crippen LogP contribution in [0.2, 0.25) is 0 Å². The van der Waals surface area contributed by atoms with Gasteiger partial charge in [-0.2, -0.15) is 0 Å². The minimum absolute atomic E-state index is 0.127. The summed E-state index contributed by atoms with van der Waals surface area (Å²) in [6.07, 6.45) is 0.634. The molecule has 0 heterocycles. The quantitative estimate of drug-likeness (QED) is 0.531. The third-order valence-electron chi connectivity index (χ3n) is 0.947. The van der Waals surface area contributed by atoms with Gasteiger partial charge in [0, 0.05) is 6.61 Å². The summed E-state index contributed by atoms with van der Waals surface area (Å²) in [6, 6.07) is 0. The van der Waals surface area contributed by atoms with E-state index in [1.54, 1.807) is 6.92 Å². The normalized spacial score (nSPS) is 11.9. The van der Waals surface area contributed by atoms with Crippen molar-refractivity contribution in [1.82, 2.24) is 0 Å². The molecular formula is C7H12O2. The fourth-order valence-electron chi connectivity index (χ4n) is 0.523. The average molecular weight is 128 g/mol. The Kier molecular flexibility index (Phi) is 5.29. The fourth-order valence-corrected chi connectivity index (χ4v) is 0.523. The Labute approximate surface area is 55.5 Å². The summed E-state index contributed by atoms with van der Waals surface area (Å²) < 4.78 is 0. The molecular weight excluding hydrogens is 116 g/mol. The van der Waals surface area contributed by atoms with Gasteiger partial charge in [-0.25, -0.2) is 0 Å². The largest absolute Gasteiger partial charge is 0.396 e. The second-order valence-corrected chi connectivity index (χ2v) is 1.78. The second kappa shape index (κ2) is 5.61. The Balaban J connectivity index is 3.23. The molecule has 0 aromatic heterocycles. The molecule has 0 fully saturated rings. The van der Waals surface area contributed by atoms with Crippen LogP contribution in [0.4, 0.5) is 0 Å². The molecule has 9 heavy (non-hydrogen) atoms. The zero-order valence-electron chi connectivity index (χ0n) is 5.59. The van der Waals surface area contributed by atoms with Crippen LogP contribution < -0.4 is 0 Å². The molecule has 0 bridgehead atoms. The molecule has 0 aliphatic carbocycles. The van der Waals surface area contributed by atoms with Crippen LogP contribution in [-0.2, 0) is 0 Å². The van der Waals surface area contributed by atoms with Gasteiger partial charge in [0.25, 0.3) is 0 Å². The van der Waals surface area contributed by atoms with Crippen molar-refractivity contribution in [3.63, 3.8) is 0 Å². The standard InChI is InChI=1S/C7H12O2/c1-2-4-7(9)5-3-6-8/h7-9H,3,5-6H2,1H3. The molecule has 0 aromatic rings. The molecule has 0 aliphatic rings. The summed E-state index contributed by atoms with van der Waals surface area (Å²) in [6.45, 7) is 1.81. The summed E-state index contributed by atoms with van der Waals surface area (Å²) in [5, 5.41) is 17.2. The summed E-state index contributed by atoms with van der Waals surface area (Å²) in [4.78, 5) is 0. The first-order chi connectivity index (χ1) is 4.31. The lowest BCUT2D eigenvalue weighted by Gasteiger charge is -1.98. The van der Waals surface area contributed by atoms with Crippen molar-refractivity contribution in [3.05, 3.63) is 0 Å². The lowest BCUT2D eigenvalue weighted by atomic mass is 10.2. The van der Waals surface area contributed by atoms with Crippen LogP contribution in [0.15, 0.2) is 0 Å². The van der Waals surface area contributed by atoms with E-state index in [0.717, 1.165) is 0 Å². The first-order valence-corrected chi connectivity index (χ1v) is 3.02. The monoisotopic (exact) mass is 128 g/mol. The molecule has 0 spiro atoms. The van der Waals surface area contributed by atoms with Crippen molar-refractivity contribution in [2.75, 3.05) is 6.61 Å². The maximum absolute atomic E-state index is 8.90. The highest BCUT2D eigenvalue weighted by molar-refractivity contribution is 5.01. The van der Waals surface area contributed by atoms with E-state index in [1.165, 1.54) is 0 Å². The van der Waals surface area contributed by atoms with E-state index in [4.69, 9.17) is 10.2 Å². The summed E-state index contributed by atoms with van der Waals surface area (Å²) in [5.74, 6) is 5.17. The molecule has 0 aromatic carbocycles. The third kappa shape index (κ3) is 5.35. The lowest BCUT2D eigenvalue weighted by Crippen LogP contribution is -2.03. The van der Waals surface area contributed by atoms with E-state index in [0.29, 0.717) is 12.8 Å². The van der Waals surface area contributed by atoms with Crippen LogP contribution in [0.3, 0.4) is 0 Å². The smallest absolute Gasteiger partial charge is 0.114 e. The van der Waals surface area contributed by atoms with Crippen molar-refractivity contribution in [2.24, 2.45) is 0 Å². The Morgan fingerprint density at radius 1 is 1.56 bits per heavy atom. The first kappa shape index (κ1) is 8.48. The molecule has 1 atom stereocenters.